The van der Waals surface area contributed by atoms with Crippen LogP contribution in [-0.2, 0) is 4.74 Å². The summed E-state index contributed by atoms with van der Waals surface area (Å²) >= 11 is 0. The molecule has 1 aliphatic rings. The van der Waals surface area contributed by atoms with E-state index in [1.54, 1.807) is 0 Å². The minimum absolute atomic E-state index is 0.349. The second-order valence-electron chi connectivity index (χ2n) is 5.21. The zero-order valence-corrected chi connectivity index (χ0v) is 11.8. The van der Waals surface area contributed by atoms with Crippen LogP contribution in [0.2, 0.25) is 0 Å². The van der Waals surface area contributed by atoms with E-state index in [1.807, 2.05) is 32.0 Å². The van der Waals surface area contributed by atoms with Crippen LogP contribution in [0, 0.1) is 13.8 Å². The molecule has 1 aromatic carbocycles. The SMILES string of the molecule is Cc1noc(C)c1-c1ccc(N[C@@H]2CCOC2)c(N)c1. The molecule has 0 spiro atoms. The largest absolute Gasteiger partial charge is 0.397 e. The van der Waals surface area contributed by atoms with E-state index in [2.05, 4.69) is 10.5 Å². The second kappa shape index (κ2) is 5.17. The first kappa shape index (κ1) is 13.0. The van der Waals surface area contributed by atoms with Gasteiger partial charge in [0.2, 0.25) is 0 Å². The van der Waals surface area contributed by atoms with E-state index < -0.39 is 0 Å². The molecule has 3 rings (SSSR count). The summed E-state index contributed by atoms with van der Waals surface area (Å²) in [4.78, 5) is 0. The molecule has 2 aromatic rings. The first-order chi connectivity index (χ1) is 9.65. The summed E-state index contributed by atoms with van der Waals surface area (Å²) in [6.07, 6.45) is 1.02. The summed E-state index contributed by atoms with van der Waals surface area (Å²) in [6.45, 7) is 5.40. The van der Waals surface area contributed by atoms with Crippen LogP contribution in [0.1, 0.15) is 17.9 Å². The number of nitrogen functional groups attached to an aromatic ring is 1. The van der Waals surface area contributed by atoms with Crippen molar-refractivity contribution in [3.8, 4) is 11.1 Å². The van der Waals surface area contributed by atoms with Gasteiger partial charge in [-0.1, -0.05) is 11.2 Å². The van der Waals surface area contributed by atoms with E-state index in [0.29, 0.717) is 6.04 Å². The summed E-state index contributed by atoms with van der Waals surface area (Å²) in [7, 11) is 0. The lowest BCUT2D eigenvalue weighted by Crippen LogP contribution is -2.19. The van der Waals surface area contributed by atoms with Crippen LogP contribution in [0.4, 0.5) is 11.4 Å². The number of nitrogens with zero attached hydrogens (tertiary/aromatic N) is 1. The molecule has 1 aromatic heterocycles. The molecule has 1 fully saturated rings. The summed E-state index contributed by atoms with van der Waals surface area (Å²) in [5, 5.41) is 7.40. The first-order valence-corrected chi connectivity index (χ1v) is 6.82. The number of aromatic nitrogens is 1. The van der Waals surface area contributed by atoms with Gasteiger partial charge >= 0.3 is 0 Å². The fraction of sp³-hybridized carbons (Fsp3) is 0.400. The Hall–Kier alpha value is -2.01. The van der Waals surface area contributed by atoms with Gasteiger partial charge in [-0.15, -0.1) is 0 Å². The van der Waals surface area contributed by atoms with Crippen molar-refractivity contribution in [1.29, 1.82) is 0 Å². The van der Waals surface area contributed by atoms with E-state index in [0.717, 1.165) is 53.6 Å². The average molecular weight is 273 g/mol. The van der Waals surface area contributed by atoms with Crippen LogP contribution in [-0.4, -0.2) is 24.4 Å². The number of anilines is 2. The van der Waals surface area contributed by atoms with Crippen LogP contribution >= 0.6 is 0 Å². The molecule has 0 saturated carbocycles. The first-order valence-electron chi connectivity index (χ1n) is 6.82. The molecule has 2 heterocycles. The Labute approximate surface area is 118 Å². The smallest absolute Gasteiger partial charge is 0.141 e. The Morgan fingerprint density at radius 2 is 2.20 bits per heavy atom. The van der Waals surface area contributed by atoms with Gasteiger partial charge in [-0.2, -0.15) is 0 Å². The van der Waals surface area contributed by atoms with Crippen molar-refractivity contribution in [2.75, 3.05) is 24.3 Å². The number of nitrogens with two attached hydrogens (primary N) is 1. The van der Waals surface area contributed by atoms with Crippen molar-refractivity contribution < 1.29 is 9.26 Å². The molecule has 106 valence electrons. The molecule has 5 nitrogen and oxygen atoms in total. The van der Waals surface area contributed by atoms with E-state index in [9.17, 15) is 0 Å². The quantitative estimate of drug-likeness (QED) is 0.841. The summed E-state index contributed by atoms with van der Waals surface area (Å²) < 4.78 is 10.6. The summed E-state index contributed by atoms with van der Waals surface area (Å²) in [6, 6.07) is 6.36. The molecular formula is C15H19N3O2. The van der Waals surface area contributed by atoms with E-state index in [1.165, 1.54) is 0 Å². The number of hydrogen-bond donors (Lipinski definition) is 2. The standard InChI is InChI=1S/C15H19N3O2/c1-9-15(10(2)20-18-9)11-3-4-14(13(16)7-11)17-12-5-6-19-8-12/h3-4,7,12,17H,5-6,8,16H2,1-2H3/t12-/m1/s1. The molecule has 1 aliphatic heterocycles. The summed E-state index contributed by atoms with van der Waals surface area (Å²) in [5.41, 5.74) is 10.8. The third kappa shape index (κ3) is 2.36. The molecule has 1 saturated heterocycles. The van der Waals surface area contributed by atoms with Gasteiger partial charge in [-0.05, 0) is 38.0 Å². The van der Waals surface area contributed by atoms with Crippen LogP contribution in [0.15, 0.2) is 22.7 Å². The third-order valence-corrected chi connectivity index (χ3v) is 3.66. The lowest BCUT2D eigenvalue weighted by atomic mass is 10.0. The Kier molecular flexibility index (Phi) is 3.36. The van der Waals surface area contributed by atoms with Crippen molar-refractivity contribution in [3.63, 3.8) is 0 Å². The topological polar surface area (TPSA) is 73.3 Å². The monoisotopic (exact) mass is 273 g/mol. The highest BCUT2D eigenvalue weighted by Crippen LogP contribution is 2.31. The van der Waals surface area contributed by atoms with Gasteiger partial charge in [0.05, 0.1) is 29.7 Å². The Bertz CT molecular complexity index is 596. The maximum Gasteiger partial charge on any atom is 0.141 e. The lowest BCUT2D eigenvalue weighted by molar-refractivity contribution is 0.195. The van der Waals surface area contributed by atoms with Gasteiger partial charge in [-0.3, -0.25) is 0 Å². The van der Waals surface area contributed by atoms with Crippen molar-refractivity contribution in [3.05, 3.63) is 29.7 Å². The molecule has 20 heavy (non-hydrogen) atoms. The molecule has 5 heteroatoms. The molecule has 0 unspecified atom stereocenters. The highest BCUT2D eigenvalue weighted by atomic mass is 16.5. The molecule has 1 atom stereocenters. The van der Waals surface area contributed by atoms with E-state index in [4.69, 9.17) is 15.0 Å². The number of nitrogens with one attached hydrogen (secondary N) is 1. The second-order valence-corrected chi connectivity index (χ2v) is 5.21. The zero-order valence-electron chi connectivity index (χ0n) is 11.8. The predicted molar refractivity (Wildman–Crippen MR) is 78.7 cm³/mol. The minimum Gasteiger partial charge on any atom is -0.397 e. The van der Waals surface area contributed by atoms with Crippen molar-refractivity contribution in [2.24, 2.45) is 0 Å². The molecule has 0 amide bonds. The number of aryl methyl sites for hydroxylation is 2. The van der Waals surface area contributed by atoms with Crippen LogP contribution in [0.3, 0.4) is 0 Å². The van der Waals surface area contributed by atoms with Crippen LogP contribution in [0.25, 0.3) is 11.1 Å². The van der Waals surface area contributed by atoms with Crippen LogP contribution < -0.4 is 11.1 Å². The Morgan fingerprint density at radius 1 is 1.35 bits per heavy atom. The fourth-order valence-corrected chi connectivity index (χ4v) is 2.61. The number of benzene rings is 1. The molecule has 3 N–H and O–H groups in total. The van der Waals surface area contributed by atoms with Gasteiger partial charge in [0.25, 0.3) is 0 Å². The zero-order chi connectivity index (χ0) is 14.1. The molecule has 0 radical (unpaired) electrons. The average Bonchev–Trinajstić information content (AvgIpc) is 3.03. The lowest BCUT2D eigenvalue weighted by Gasteiger charge is -2.15. The third-order valence-electron chi connectivity index (χ3n) is 3.66. The number of ether oxygens (including phenoxy) is 1. The molecule has 0 aliphatic carbocycles. The van der Waals surface area contributed by atoms with Gasteiger partial charge in [-0.25, -0.2) is 0 Å². The fourth-order valence-electron chi connectivity index (χ4n) is 2.61. The number of hydrogen-bond acceptors (Lipinski definition) is 5. The van der Waals surface area contributed by atoms with Gasteiger partial charge in [0.1, 0.15) is 5.76 Å². The van der Waals surface area contributed by atoms with Crippen LogP contribution in [0.5, 0.6) is 0 Å². The van der Waals surface area contributed by atoms with Crippen molar-refractivity contribution >= 4 is 11.4 Å². The van der Waals surface area contributed by atoms with E-state index in [-0.39, 0.29) is 0 Å². The maximum atomic E-state index is 6.15. The van der Waals surface area contributed by atoms with Crippen molar-refractivity contribution in [2.45, 2.75) is 26.3 Å². The molecule has 0 bridgehead atoms. The number of rotatable bonds is 3. The Balaban J connectivity index is 1.87. The highest BCUT2D eigenvalue weighted by Gasteiger charge is 2.17. The maximum absolute atomic E-state index is 6.15. The minimum atomic E-state index is 0.349. The van der Waals surface area contributed by atoms with E-state index >= 15 is 0 Å². The van der Waals surface area contributed by atoms with Gasteiger partial charge in [0.15, 0.2) is 0 Å². The summed E-state index contributed by atoms with van der Waals surface area (Å²) in [5.74, 6) is 0.812. The van der Waals surface area contributed by atoms with Gasteiger partial charge < -0.3 is 20.3 Å². The normalized spacial score (nSPS) is 18.4. The Morgan fingerprint density at radius 3 is 2.80 bits per heavy atom. The van der Waals surface area contributed by atoms with Gasteiger partial charge in [0, 0.05) is 12.2 Å². The van der Waals surface area contributed by atoms with Crippen molar-refractivity contribution in [1.82, 2.24) is 5.16 Å². The predicted octanol–water partition coefficient (Wildman–Crippen LogP) is 2.74. The molecular weight excluding hydrogens is 254 g/mol. The highest BCUT2D eigenvalue weighted by molar-refractivity contribution is 5.77.